The van der Waals surface area contributed by atoms with Gasteiger partial charge in [-0.2, -0.15) is 10.9 Å². The molecule has 0 fully saturated rings. The molecule has 3 rings (SSSR count). The van der Waals surface area contributed by atoms with Crippen molar-refractivity contribution in [3.05, 3.63) is 58.6 Å². The highest BCUT2D eigenvalue weighted by molar-refractivity contribution is 8.28. The van der Waals surface area contributed by atoms with Crippen molar-refractivity contribution in [2.24, 2.45) is 10.7 Å². The number of amides is 1. The zero-order valence-electron chi connectivity index (χ0n) is 13.6. The lowest BCUT2D eigenvalue weighted by molar-refractivity contribution is 0.0953. The molecule has 0 aromatic heterocycles. The number of hydrogen-bond donors (Lipinski definition) is 3. The Hall–Kier alpha value is -1.53. The minimum atomic E-state index is -0.475. The van der Waals surface area contributed by atoms with Gasteiger partial charge in [-0.1, -0.05) is 23.7 Å². The lowest BCUT2D eigenvalue weighted by atomic mass is 10.2. The quantitative estimate of drug-likeness (QED) is 0.507. The Bertz CT molecular complexity index is 765. The van der Waals surface area contributed by atoms with Gasteiger partial charge >= 0.3 is 0 Å². The van der Waals surface area contributed by atoms with Crippen molar-refractivity contribution in [2.45, 2.75) is 17.1 Å². The largest absolute Gasteiger partial charge is 0.352 e. The molecule has 1 amide bonds. The van der Waals surface area contributed by atoms with Gasteiger partial charge in [0.25, 0.3) is 5.91 Å². The Labute approximate surface area is 161 Å². The number of benzene rings is 2. The fraction of sp³-hybridized carbons (Fsp3) is 0.222. The van der Waals surface area contributed by atoms with Crippen LogP contribution in [-0.2, 0) is 5.75 Å². The zero-order chi connectivity index (χ0) is 16.9. The third kappa shape index (κ3) is 4.98. The highest BCUT2D eigenvalue weighted by atomic mass is 35.5. The number of carbonyl (C=O) groups is 1. The third-order valence-electron chi connectivity index (χ3n) is 3.82. The molecule has 2 aromatic carbocycles. The molecule has 0 saturated heterocycles. The van der Waals surface area contributed by atoms with E-state index in [-0.39, 0.29) is 18.3 Å². The summed E-state index contributed by atoms with van der Waals surface area (Å²) in [5.74, 6) is 0.862. The maximum absolute atomic E-state index is 12.1. The molecular formula is C18H21Cl2N3OS. The van der Waals surface area contributed by atoms with E-state index in [1.54, 1.807) is 0 Å². The number of aliphatic imine (C=N–C) groups is 1. The zero-order valence-corrected chi connectivity index (χ0v) is 16.1. The van der Waals surface area contributed by atoms with Crippen LogP contribution >= 0.6 is 34.9 Å². The summed E-state index contributed by atoms with van der Waals surface area (Å²) in [7, 11) is -0.475. The van der Waals surface area contributed by atoms with Gasteiger partial charge in [0.15, 0.2) is 0 Å². The van der Waals surface area contributed by atoms with Crippen molar-refractivity contribution >= 4 is 52.0 Å². The van der Waals surface area contributed by atoms with Crippen LogP contribution in [0.3, 0.4) is 0 Å². The second-order valence-corrected chi connectivity index (χ2v) is 8.01. The van der Waals surface area contributed by atoms with Gasteiger partial charge in [-0.25, -0.2) is 0 Å². The summed E-state index contributed by atoms with van der Waals surface area (Å²) in [6.45, 7) is 1.17. The summed E-state index contributed by atoms with van der Waals surface area (Å²) in [4.78, 5) is 17.8. The lowest BCUT2D eigenvalue weighted by Gasteiger charge is -2.14. The first-order valence-electron chi connectivity index (χ1n) is 7.85. The molecule has 1 aliphatic heterocycles. The number of nitrogens with one attached hydrogen (secondary N) is 1. The Morgan fingerprint density at radius 3 is 2.68 bits per heavy atom. The molecule has 2 aromatic rings. The first-order valence-corrected chi connectivity index (χ1v) is 9.82. The Balaban J connectivity index is 0.00000225. The van der Waals surface area contributed by atoms with Gasteiger partial charge in [0.1, 0.15) is 0 Å². The fourth-order valence-corrected chi connectivity index (χ4v) is 4.58. The van der Waals surface area contributed by atoms with Gasteiger partial charge in [0, 0.05) is 33.3 Å². The molecule has 0 aliphatic carbocycles. The summed E-state index contributed by atoms with van der Waals surface area (Å²) < 4.78 is 0. The van der Waals surface area contributed by atoms with Crippen LogP contribution in [0.4, 0.5) is 5.69 Å². The van der Waals surface area contributed by atoms with Crippen molar-refractivity contribution in [1.29, 1.82) is 0 Å². The first kappa shape index (κ1) is 19.8. The van der Waals surface area contributed by atoms with Gasteiger partial charge in [-0.05, 0) is 48.9 Å². The molecule has 1 atom stereocenters. The summed E-state index contributed by atoms with van der Waals surface area (Å²) in [5, 5.41) is 3.62. The molecule has 1 heterocycles. The van der Waals surface area contributed by atoms with E-state index in [2.05, 4.69) is 22.4 Å². The minimum Gasteiger partial charge on any atom is -0.352 e. The number of rotatable bonds is 6. The minimum absolute atomic E-state index is 0. The molecule has 0 saturated carbocycles. The third-order valence-corrected chi connectivity index (χ3v) is 6.16. The number of carbonyl (C=O) groups excluding carboxylic acids is 1. The molecule has 0 spiro atoms. The number of nitrogens with zero attached hydrogens (tertiary/aromatic N) is 1. The van der Waals surface area contributed by atoms with Gasteiger partial charge in [-0.15, -0.1) is 12.4 Å². The molecular weight excluding hydrogens is 377 g/mol. The van der Waals surface area contributed by atoms with Crippen LogP contribution in [0.2, 0.25) is 5.02 Å². The molecule has 1 aliphatic rings. The van der Waals surface area contributed by atoms with E-state index in [0.29, 0.717) is 18.7 Å². The number of hydrogen-bond acceptors (Lipinski definition) is 3. The average Bonchev–Trinajstić information content (AvgIpc) is 2.99. The fourth-order valence-electron chi connectivity index (χ4n) is 2.52. The topological polar surface area (TPSA) is 67.5 Å². The first-order chi connectivity index (χ1) is 11.7. The number of halogens is 2. The molecule has 0 radical (unpaired) electrons. The van der Waals surface area contributed by atoms with E-state index in [1.807, 2.05) is 35.9 Å². The second-order valence-electron chi connectivity index (χ2n) is 5.60. The molecule has 1 unspecified atom stereocenters. The molecule has 3 N–H and O–H groups in total. The second kappa shape index (κ2) is 9.25. The van der Waals surface area contributed by atoms with Crippen LogP contribution in [-0.4, -0.2) is 24.5 Å². The van der Waals surface area contributed by atoms with Crippen molar-refractivity contribution in [1.82, 2.24) is 5.32 Å². The van der Waals surface area contributed by atoms with Crippen LogP contribution in [0.15, 0.2) is 52.4 Å². The van der Waals surface area contributed by atoms with Crippen molar-refractivity contribution in [3.8, 4) is 0 Å². The Morgan fingerprint density at radius 1 is 1.20 bits per heavy atom. The maximum atomic E-state index is 12.1. The van der Waals surface area contributed by atoms with Crippen LogP contribution in [0.25, 0.3) is 0 Å². The van der Waals surface area contributed by atoms with E-state index < -0.39 is 10.9 Å². The number of thiol groups is 1. The number of nitrogens with two attached hydrogens (primary N) is 1. The van der Waals surface area contributed by atoms with Gasteiger partial charge in [0.2, 0.25) is 0 Å². The van der Waals surface area contributed by atoms with E-state index in [1.165, 1.54) is 10.5 Å². The Kier molecular flexibility index (Phi) is 7.32. The number of fused-ring (bicyclic) bond motifs is 1. The van der Waals surface area contributed by atoms with E-state index in [0.717, 1.165) is 22.9 Å². The normalized spacial score (nSPS) is 16.2. The lowest BCUT2D eigenvalue weighted by Crippen LogP contribution is -2.25. The SMILES string of the molecule is Cl.NCCCNC(=O)c1ccc2c(c1)N=C[SH]2Cc1ccc(Cl)cc1. The standard InChI is InChI=1S/C18H20ClN3OS.ClH/c19-15-5-2-13(3-6-15)11-24-12-22-16-10-14(4-7-17(16)24)18(23)21-9-1-8-20;/h2-7,10,12,24H,1,8-9,11,20H2,(H,21,23);1H. The van der Waals surface area contributed by atoms with Crippen LogP contribution in [0.1, 0.15) is 22.3 Å². The van der Waals surface area contributed by atoms with Crippen LogP contribution in [0.5, 0.6) is 0 Å². The van der Waals surface area contributed by atoms with Crippen molar-refractivity contribution in [3.63, 3.8) is 0 Å². The van der Waals surface area contributed by atoms with Gasteiger partial charge in [0.05, 0.1) is 5.69 Å². The van der Waals surface area contributed by atoms with Crippen molar-refractivity contribution in [2.75, 3.05) is 13.1 Å². The van der Waals surface area contributed by atoms with E-state index in [4.69, 9.17) is 17.3 Å². The molecule has 25 heavy (non-hydrogen) atoms. The van der Waals surface area contributed by atoms with E-state index >= 15 is 0 Å². The predicted molar refractivity (Wildman–Crippen MR) is 110 cm³/mol. The monoisotopic (exact) mass is 397 g/mol. The Morgan fingerprint density at radius 2 is 1.96 bits per heavy atom. The molecule has 0 bridgehead atoms. The van der Waals surface area contributed by atoms with E-state index in [9.17, 15) is 4.79 Å². The highest BCUT2D eigenvalue weighted by Crippen LogP contribution is 2.48. The summed E-state index contributed by atoms with van der Waals surface area (Å²) in [5.41, 5.74) is 10.2. The molecule has 4 nitrogen and oxygen atoms in total. The van der Waals surface area contributed by atoms with Gasteiger partial charge < -0.3 is 11.1 Å². The van der Waals surface area contributed by atoms with Crippen LogP contribution in [0, 0.1) is 0 Å². The smallest absolute Gasteiger partial charge is 0.251 e. The average molecular weight is 398 g/mol. The predicted octanol–water partition coefficient (Wildman–Crippen LogP) is 4.07. The molecule has 7 heteroatoms. The maximum Gasteiger partial charge on any atom is 0.251 e. The summed E-state index contributed by atoms with van der Waals surface area (Å²) in [6.07, 6.45) is 0.779. The van der Waals surface area contributed by atoms with Crippen LogP contribution < -0.4 is 11.1 Å². The summed E-state index contributed by atoms with van der Waals surface area (Å²) in [6, 6.07) is 13.7. The summed E-state index contributed by atoms with van der Waals surface area (Å²) >= 11 is 5.94. The highest BCUT2D eigenvalue weighted by Gasteiger charge is 2.18. The van der Waals surface area contributed by atoms with Crippen molar-refractivity contribution < 1.29 is 4.79 Å². The van der Waals surface area contributed by atoms with Gasteiger partial charge in [-0.3, -0.25) is 9.79 Å². The molecule has 134 valence electrons.